The highest BCUT2D eigenvalue weighted by molar-refractivity contribution is 7.09. The van der Waals surface area contributed by atoms with E-state index in [1.54, 1.807) is 5.38 Å². The number of fused-ring (bicyclic) bond motifs is 3. The molecule has 0 unspecified atom stereocenters. The maximum absolute atomic E-state index is 12.7. The summed E-state index contributed by atoms with van der Waals surface area (Å²) in [5, 5.41) is 16.6. The predicted octanol–water partition coefficient (Wildman–Crippen LogP) is 4.09. The molecule has 9 heteroatoms. The number of aliphatic carboxylic acids is 1. The van der Waals surface area contributed by atoms with Gasteiger partial charge in [-0.2, -0.15) is 0 Å². The summed E-state index contributed by atoms with van der Waals surface area (Å²) < 4.78 is 5.57. The van der Waals surface area contributed by atoms with Gasteiger partial charge in [0.1, 0.15) is 17.7 Å². The van der Waals surface area contributed by atoms with Gasteiger partial charge in [-0.05, 0) is 28.7 Å². The molecule has 0 aliphatic heterocycles. The Morgan fingerprint density at radius 1 is 1.09 bits per heavy atom. The Hall–Kier alpha value is -3.72. The van der Waals surface area contributed by atoms with E-state index in [-0.39, 0.29) is 31.4 Å². The highest BCUT2D eigenvalue weighted by Gasteiger charge is 2.29. The SMILES string of the molecule is CCC[C@H](NC(=O)OCC1c2ccccc2-c2ccccc21)C(=O)NCc1nc(CC(=O)O)cs1. The molecule has 35 heavy (non-hydrogen) atoms. The summed E-state index contributed by atoms with van der Waals surface area (Å²) in [4.78, 5) is 40.3. The molecule has 3 aromatic rings. The minimum Gasteiger partial charge on any atom is -0.481 e. The lowest BCUT2D eigenvalue weighted by Crippen LogP contribution is -2.46. The second-order valence-corrected chi connectivity index (χ2v) is 9.27. The van der Waals surface area contributed by atoms with Crippen LogP contribution in [0.3, 0.4) is 0 Å². The minimum absolute atomic E-state index is 0.0588. The van der Waals surface area contributed by atoms with Crippen LogP contribution in [0, 0.1) is 0 Å². The van der Waals surface area contributed by atoms with Crippen LogP contribution in [0.1, 0.15) is 47.5 Å². The number of aromatic nitrogens is 1. The third kappa shape index (κ3) is 5.86. The standard InChI is InChI=1S/C26H27N3O5S/c1-2-7-22(25(32)27-13-23-28-16(15-35-23)12-24(30)31)29-26(33)34-14-21-19-10-5-3-8-17(19)18-9-4-6-11-20(18)21/h3-6,8-11,15,21-22H,2,7,12-14H2,1H3,(H,27,32)(H,29,33)(H,30,31)/t22-/m0/s1. The van der Waals surface area contributed by atoms with Gasteiger partial charge in [0.25, 0.3) is 0 Å². The molecule has 3 N–H and O–H groups in total. The fraction of sp³-hybridized carbons (Fsp3) is 0.308. The molecule has 0 fully saturated rings. The molecule has 8 nitrogen and oxygen atoms in total. The third-order valence-corrected chi connectivity index (χ3v) is 6.77. The van der Waals surface area contributed by atoms with Gasteiger partial charge in [-0.3, -0.25) is 9.59 Å². The average molecular weight is 494 g/mol. The van der Waals surface area contributed by atoms with E-state index in [0.717, 1.165) is 22.3 Å². The molecule has 0 saturated carbocycles. The van der Waals surface area contributed by atoms with Gasteiger partial charge in [-0.25, -0.2) is 9.78 Å². The summed E-state index contributed by atoms with van der Waals surface area (Å²) in [6, 6.07) is 15.5. The van der Waals surface area contributed by atoms with Crippen LogP contribution in [-0.4, -0.2) is 40.7 Å². The highest BCUT2D eigenvalue weighted by Crippen LogP contribution is 2.44. The molecule has 1 aliphatic carbocycles. The predicted molar refractivity (Wildman–Crippen MR) is 132 cm³/mol. The number of ether oxygens (including phenoxy) is 1. The normalized spacial score (nSPS) is 12.9. The molecule has 1 aromatic heterocycles. The number of carboxylic acid groups (broad SMARTS) is 1. The van der Waals surface area contributed by atoms with E-state index in [9.17, 15) is 14.4 Å². The van der Waals surface area contributed by atoms with E-state index in [0.29, 0.717) is 23.5 Å². The molecule has 4 rings (SSSR count). The van der Waals surface area contributed by atoms with E-state index >= 15 is 0 Å². The van der Waals surface area contributed by atoms with Crippen molar-refractivity contribution in [3.05, 3.63) is 75.7 Å². The van der Waals surface area contributed by atoms with Crippen LogP contribution in [-0.2, 0) is 27.3 Å². The largest absolute Gasteiger partial charge is 0.481 e. The number of benzene rings is 2. The summed E-state index contributed by atoms with van der Waals surface area (Å²) >= 11 is 1.28. The van der Waals surface area contributed by atoms with Crippen LogP contribution in [0.5, 0.6) is 0 Å². The summed E-state index contributed by atoms with van der Waals surface area (Å²) in [7, 11) is 0. The van der Waals surface area contributed by atoms with Crippen molar-refractivity contribution in [2.24, 2.45) is 0 Å². The van der Waals surface area contributed by atoms with E-state index < -0.39 is 18.1 Å². The second-order valence-electron chi connectivity index (χ2n) is 8.33. The van der Waals surface area contributed by atoms with Gasteiger partial charge >= 0.3 is 12.1 Å². The molecule has 2 aromatic carbocycles. The summed E-state index contributed by atoms with van der Waals surface area (Å²) in [6.07, 6.45) is 0.352. The first-order chi connectivity index (χ1) is 17.0. The molecule has 2 amide bonds. The summed E-state index contributed by atoms with van der Waals surface area (Å²) in [6.45, 7) is 2.26. The van der Waals surface area contributed by atoms with E-state index in [1.165, 1.54) is 11.3 Å². The molecule has 1 aliphatic rings. The lowest BCUT2D eigenvalue weighted by atomic mass is 9.98. The fourth-order valence-electron chi connectivity index (χ4n) is 4.29. The summed E-state index contributed by atoms with van der Waals surface area (Å²) in [5.41, 5.74) is 4.99. The number of carbonyl (C=O) groups is 3. The number of hydrogen-bond acceptors (Lipinski definition) is 6. The van der Waals surface area contributed by atoms with Gasteiger partial charge in [0.15, 0.2) is 0 Å². The Kier molecular flexibility index (Phi) is 7.77. The fourth-order valence-corrected chi connectivity index (χ4v) is 5.03. The number of hydrogen-bond donors (Lipinski definition) is 3. The highest BCUT2D eigenvalue weighted by atomic mass is 32.1. The van der Waals surface area contributed by atoms with Gasteiger partial charge < -0.3 is 20.5 Å². The first kappa shape index (κ1) is 24.4. The zero-order valence-corrected chi connectivity index (χ0v) is 20.1. The second kappa shape index (κ2) is 11.1. The summed E-state index contributed by atoms with van der Waals surface area (Å²) in [5.74, 6) is -1.35. The van der Waals surface area contributed by atoms with Crippen molar-refractivity contribution in [3.8, 4) is 11.1 Å². The van der Waals surface area contributed by atoms with Crippen molar-refractivity contribution in [1.82, 2.24) is 15.6 Å². The number of carbonyl (C=O) groups excluding carboxylic acids is 2. The maximum Gasteiger partial charge on any atom is 0.407 e. The van der Waals surface area contributed by atoms with E-state index in [4.69, 9.17) is 9.84 Å². The Morgan fingerprint density at radius 2 is 1.74 bits per heavy atom. The molecule has 0 spiro atoms. The number of amides is 2. The molecular formula is C26H27N3O5S. The Labute approximate surface area is 207 Å². The number of thiazole rings is 1. The van der Waals surface area contributed by atoms with Gasteiger partial charge in [0, 0.05) is 11.3 Å². The molecule has 182 valence electrons. The number of carboxylic acids is 1. The van der Waals surface area contributed by atoms with Crippen molar-refractivity contribution in [2.75, 3.05) is 6.61 Å². The van der Waals surface area contributed by atoms with Crippen molar-refractivity contribution < 1.29 is 24.2 Å². The smallest absolute Gasteiger partial charge is 0.407 e. The van der Waals surface area contributed by atoms with Crippen LogP contribution >= 0.6 is 11.3 Å². The van der Waals surface area contributed by atoms with Gasteiger partial charge in [-0.15, -0.1) is 11.3 Å². The van der Waals surface area contributed by atoms with Crippen molar-refractivity contribution >= 4 is 29.3 Å². The monoisotopic (exact) mass is 493 g/mol. The van der Waals surface area contributed by atoms with Gasteiger partial charge in [-0.1, -0.05) is 61.9 Å². The number of rotatable bonds is 10. The molecule has 0 radical (unpaired) electrons. The minimum atomic E-state index is -0.957. The van der Waals surface area contributed by atoms with Gasteiger partial charge in [0.05, 0.1) is 18.7 Å². The lowest BCUT2D eigenvalue weighted by Gasteiger charge is -2.19. The van der Waals surface area contributed by atoms with E-state index in [2.05, 4.69) is 39.9 Å². The van der Waals surface area contributed by atoms with Crippen LogP contribution in [0.2, 0.25) is 0 Å². The molecule has 1 heterocycles. The van der Waals surface area contributed by atoms with E-state index in [1.807, 2.05) is 31.2 Å². The van der Waals surface area contributed by atoms with Crippen molar-refractivity contribution in [3.63, 3.8) is 0 Å². The zero-order chi connectivity index (χ0) is 24.8. The molecule has 0 saturated heterocycles. The Balaban J connectivity index is 1.33. The lowest BCUT2D eigenvalue weighted by molar-refractivity contribution is -0.136. The first-order valence-corrected chi connectivity index (χ1v) is 12.4. The van der Waals surface area contributed by atoms with Crippen LogP contribution in [0.4, 0.5) is 4.79 Å². The number of nitrogens with one attached hydrogen (secondary N) is 2. The van der Waals surface area contributed by atoms with Crippen LogP contribution in [0.25, 0.3) is 11.1 Å². The average Bonchev–Trinajstić information content (AvgIpc) is 3.42. The molecular weight excluding hydrogens is 466 g/mol. The Morgan fingerprint density at radius 3 is 2.37 bits per heavy atom. The Bertz CT molecular complexity index is 1180. The van der Waals surface area contributed by atoms with Crippen LogP contribution < -0.4 is 10.6 Å². The zero-order valence-electron chi connectivity index (χ0n) is 19.3. The molecule has 0 bridgehead atoms. The van der Waals surface area contributed by atoms with Gasteiger partial charge in [0.2, 0.25) is 5.91 Å². The number of alkyl carbamates (subject to hydrolysis) is 1. The molecule has 1 atom stereocenters. The van der Waals surface area contributed by atoms with Crippen molar-refractivity contribution in [2.45, 2.75) is 44.7 Å². The number of nitrogens with zero attached hydrogens (tertiary/aromatic N) is 1. The van der Waals surface area contributed by atoms with Crippen molar-refractivity contribution in [1.29, 1.82) is 0 Å². The van der Waals surface area contributed by atoms with Crippen LogP contribution in [0.15, 0.2) is 53.9 Å². The topological polar surface area (TPSA) is 118 Å². The first-order valence-electron chi connectivity index (χ1n) is 11.5. The maximum atomic E-state index is 12.7. The quantitative estimate of drug-likeness (QED) is 0.392. The third-order valence-electron chi connectivity index (χ3n) is 5.88.